The molecule has 0 bridgehead atoms. The molecule has 0 amide bonds. The highest BCUT2D eigenvalue weighted by atomic mass is 16.5. The van der Waals surface area contributed by atoms with Crippen molar-refractivity contribution in [3.8, 4) is 11.5 Å². The molecule has 0 aliphatic carbocycles. The van der Waals surface area contributed by atoms with Gasteiger partial charge in [0.25, 0.3) is 0 Å². The summed E-state index contributed by atoms with van der Waals surface area (Å²) < 4.78 is 11.5. The van der Waals surface area contributed by atoms with E-state index < -0.39 is 0 Å². The van der Waals surface area contributed by atoms with Gasteiger partial charge in [-0.05, 0) is 48.9 Å². The minimum Gasteiger partial charge on any atom is -0.493 e. The Labute approximate surface area is 118 Å². The third-order valence-corrected chi connectivity index (χ3v) is 3.40. The van der Waals surface area contributed by atoms with Gasteiger partial charge in [0.15, 0.2) is 0 Å². The fourth-order valence-electron chi connectivity index (χ4n) is 2.56. The Kier molecular flexibility index (Phi) is 3.46. The molecule has 0 radical (unpaired) electrons. The monoisotopic (exact) mass is 266 g/mol. The summed E-state index contributed by atoms with van der Waals surface area (Å²) in [5, 5.41) is 4.65. The van der Waals surface area contributed by atoms with E-state index in [1.54, 1.807) is 0 Å². The van der Waals surface area contributed by atoms with Crippen LogP contribution in [0.5, 0.6) is 11.5 Å². The van der Waals surface area contributed by atoms with Gasteiger partial charge in [-0.15, -0.1) is 0 Å². The first-order valence-corrected chi connectivity index (χ1v) is 7.04. The lowest BCUT2D eigenvalue weighted by Crippen LogP contribution is -1.94. The van der Waals surface area contributed by atoms with Crippen molar-refractivity contribution in [2.75, 3.05) is 13.2 Å². The van der Waals surface area contributed by atoms with Crippen LogP contribution >= 0.6 is 0 Å². The standard InChI is InChI=1S/C18H18O2/c1-3-19-17-9-5-7-13-11-14-8-6-10-18(20-4-2)16(14)12-15(13)17/h5-12H,3-4H2,1-2H3. The van der Waals surface area contributed by atoms with Gasteiger partial charge >= 0.3 is 0 Å². The van der Waals surface area contributed by atoms with E-state index in [0.29, 0.717) is 13.2 Å². The number of ether oxygens (including phenoxy) is 2. The first-order chi connectivity index (χ1) is 9.83. The minimum absolute atomic E-state index is 0.671. The van der Waals surface area contributed by atoms with E-state index in [2.05, 4.69) is 24.3 Å². The van der Waals surface area contributed by atoms with E-state index in [-0.39, 0.29) is 0 Å². The molecule has 0 atom stereocenters. The maximum Gasteiger partial charge on any atom is 0.127 e. The number of hydrogen-bond donors (Lipinski definition) is 0. The molecule has 0 aliphatic heterocycles. The van der Waals surface area contributed by atoms with Crippen molar-refractivity contribution in [2.24, 2.45) is 0 Å². The van der Waals surface area contributed by atoms with Gasteiger partial charge in [0.2, 0.25) is 0 Å². The molecule has 0 aromatic heterocycles. The van der Waals surface area contributed by atoms with Crippen LogP contribution in [0.1, 0.15) is 13.8 Å². The maximum atomic E-state index is 5.73. The Hall–Kier alpha value is -2.22. The Morgan fingerprint density at radius 2 is 1.20 bits per heavy atom. The Morgan fingerprint density at radius 1 is 0.700 bits per heavy atom. The van der Waals surface area contributed by atoms with Gasteiger partial charge in [0.05, 0.1) is 13.2 Å². The van der Waals surface area contributed by atoms with Crippen molar-refractivity contribution in [2.45, 2.75) is 13.8 Å². The molecule has 0 spiro atoms. The van der Waals surface area contributed by atoms with Crippen molar-refractivity contribution >= 4 is 21.5 Å². The van der Waals surface area contributed by atoms with Crippen molar-refractivity contribution in [3.63, 3.8) is 0 Å². The molecule has 20 heavy (non-hydrogen) atoms. The molecule has 2 heteroatoms. The second kappa shape index (κ2) is 5.41. The predicted molar refractivity (Wildman–Crippen MR) is 83.8 cm³/mol. The van der Waals surface area contributed by atoms with E-state index in [1.165, 1.54) is 10.8 Å². The largest absolute Gasteiger partial charge is 0.493 e. The molecule has 0 aliphatic rings. The average Bonchev–Trinajstić information content (AvgIpc) is 2.47. The third-order valence-electron chi connectivity index (χ3n) is 3.40. The van der Waals surface area contributed by atoms with E-state index in [4.69, 9.17) is 9.47 Å². The molecule has 0 saturated heterocycles. The summed E-state index contributed by atoms with van der Waals surface area (Å²) in [6.45, 7) is 5.35. The molecule has 0 saturated carbocycles. The molecule has 2 nitrogen and oxygen atoms in total. The molecular weight excluding hydrogens is 248 g/mol. The number of hydrogen-bond acceptors (Lipinski definition) is 2. The second-order valence-corrected chi connectivity index (χ2v) is 4.67. The van der Waals surface area contributed by atoms with Crippen LogP contribution in [0.3, 0.4) is 0 Å². The molecule has 0 unspecified atom stereocenters. The normalized spacial score (nSPS) is 10.9. The predicted octanol–water partition coefficient (Wildman–Crippen LogP) is 4.79. The average molecular weight is 266 g/mol. The second-order valence-electron chi connectivity index (χ2n) is 4.67. The summed E-state index contributed by atoms with van der Waals surface area (Å²) in [5.74, 6) is 1.86. The van der Waals surface area contributed by atoms with Gasteiger partial charge in [0, 0.05) is 10.8 Å². The van der Waals surface area contributed by atoms with Crippen molar-refractivity contribution in [1.29, 1.82) is 0 Å². The third kappa shape index (κ3) is 2.18. The molecule has 3 rings (SSSR count). The van der Waals surface area contributed by atoms with Crippen LogP contribution in [0.25, 0.3) is 21.5 Å². The highest BCUT2D eigenvalue weighted by molar-refractivity contribution is 6.03. The smallest absolute Gasteiger partial charge is 0.127 e. The minimum atomic E-state index is 0.671. The van der Waals surface area contributed by atoms with E-state index in [0.717, 1.165) is 22.3 Å². The van der Waals surface area contributed by atoms with Crippen LogP contribution in [-0.2, 0) is 0 Å². The summed E-state index contributed by atoms with van der Waals surface area (Å²) in [6.07, 6.45) is 0. The van der Waals surface area contributed by atoms with Crippen LogP contribution in [0, 0.1) is 0 Å². The van der Waals surface area contributed by atoms with Crippen LogP contribution in [-0.4, -0.2) is 13.2 Å². The first-order valence-electron chi connectivity index (χ1n) is 7.04. The topological polar surface area (TPSA) is 18.5 Å². The highest BCUT2D eigenvalue weighted by Crippen LogP contribution is 2.34. The number of fused-ring (bicyclic) bond motifs is 2. The zero-order valence-corrected chi connectivity index (χ0v) is 11.8. The summed E-state index contributed by atoms with van der Waals surface area (Å²) >= 11 is 0. The van der Waals surface area contributed by atoms with Gasteiger partial charge in [-0.3, -0.25) is 0 Å². The maximum absolute atomic E-state index is 5.73. The van der Waals surface area contributed by atoms with Gasteiger partial charge in [-0.2, -0.15) is 0 Å². The van der Waals surface area contributed by atoms with Crippen molar-refractivity contribution in [3.05, 3.63) is 48.5 Å². The lowest BCUT2D eigenvalue weighted by atomic mass is 10.0. The molecule has 0 fully saturated rings. The van der Waals surface area contributed by atoms with Crippen LogP contribution in [0.2, 0.25) is 0 Å². The molecular formula is C18H18O2. The van der Waals surface area contributed by atoms with Gasteiger partial charge in [-0.1, -0.05) is 24.3 Å². The Morgan fingerprint density at radius 3 is 1.65 bits per heavy atom. The van der Waals surface area contributed by atoms with E-state index in [1.807, 2.05) is 38.1 Å². The van der Waals surface area contributed by atoms with E-state index >= 15 is 0 Å². The van der Waals surface area contributed by atoms with Crippen molar-refractivity contribution < 1.29 is 9.47 Å². The van der Waals surface area contributed by atoms with E-state index in [9.17, 15) is 0 Å². The Balaban J connectivity index is 2.30. The van der Waals surface area contributed by atoms with Crippen LogP contribution < -0.4 is 9.47 Å². The fraction of sp³-hybridized carbons (Fsp3) is 0.222. The molecule has 0 N–H and O–H groups in total. The highest BCUT2D eigenvalue weighted by Gasteiger charge is 2.07. The number of benzene rings is 3. The molecule has 0 heterocycles. The molecule has 3 aromatic rings. The zero-order chi connectivity index (χ0) is 13.9. The lowest BCUT2D eigenvalue weighted by Gasteiger charge is -2.11. The first kappa shape index (κ1) is 12.8. The molecule has 3 aromatic carbocycles. The molecule has 102 valence electrons. The van der Waals surface area contributed by atoms with Gasteiger partial charge in [0.1, 0.15) is 11.5 Å². The summed E-state index contributed by atoms with van der Waals surface area (Å²) in [5.41, 5.74) is 0. The van der Waals surface area contributed by atoms with Crippen LogP contribution in [0.15, 0.2) is 48.5 Å². The summed E-state index contributed by atoms with van der Waals surface area (Å²) in [7, 11) is 0. The quantitative estimate of drug-likeness (QED) is 0.632. The summed E-state index contributed by atoms with van der Waals surface area (Å²) in [6, 6.07) is 16.7. The number of rotatable bonds is 4. The summed E-state index contributed by atoms with van der Waals surface area (Å²) in [4.78, 5) is 0. The Bertz CT molecular complexity index is 686. The van der Waals surface area contributed by atoms with Crippen LogP contribution in [0.4, 0.5) is 0 Å². The van der Waals surface area contributed by atoms with Gasteiger partial charge in [-0.25, -0.2) is 0 Å². The van der Waals surface area contributed by atoms with Gasteiger partial charge < -0.3 is 9.47 Å². The SMILES string of the molecule is CCOc1cccc2cc3cccc(OCC)c3cc12. The fourth-order valence-corrected chi connectivity index (χ4v) is 2.56. The lowest BCUT2D eigenvalue weighted by molar-refractivity contribution is 0.343. The zero-order valence-electron chi connectivity index (χ0n) is 11.8. The van der Waals surface area contributed by atoms with Crippen molar-refractivity contribution in [1.82, 2.24) is 0 Å².